The summed E-state index contributed by atoms with van der Waals surface area (Å²) in [6.07, 6.45) is 2.58. The van der Waals surface area contributed by atoms with E-state index in [1.165, 1.54) is 29.6 Å². The SMILES string of the molecule is CCOC(=O)c1sc(NC(=O)c2ccc(OC)c(S(=O)(=O)N3CCCCC3C)c2)cc1C. The van der Waals surface area contributed by atoms with E-state index in [1.54, 1.807) is 19.9 Å². The molecule has 0 spiro atoms. The molecule has 2 aromatic rings. The third-order valence-electron chi connectivity index (χ3n) is 5.37. The van der Waals surface area contributed by atoms with Gasteiger partial charge in [0.05, 0.1) is 18.7 Å². The number of methoxy groups -OCH3 is 1. The minimum Gasteiger partial charge on any atom is -0.495 e. The van der Waals surface area contributed by atoms with Crippen molar-refractivity contribution in [3.63, 3.8) is 0 Å². The van der Waals surface area contributed by atoms with Gasteiger partial charge in [-0.25, -0.2) is 13.2 Å². The number of piperidine rings is 1. The number of hydrogen-bond acceptors (Lipinski definition) is 7. The van der Waals surface area contributed by atoms with Gasteiger partial charge in [0.25, 0.3) is 5.91 Å². The fourth-order valence-electron chi connectivity index (χ4n) is 3.70. The highest BCUT2D eigenvalue weighted by Crippen LogP contribution is 2.32. The lowest BCUT2D eigenvalue weighted by Gasteiger charge is -2.32. The lowest BCUT2D eigenvalue weighted by Crippen LogP contribution is -2.42. The fraction of sp³-hybridized carbons (Fsp3) is 0.455. The summed E-state index contributed by atoms with van der Waals surface area (Å²) in [5, 5.41) is 3.22. The summed E-state index contributed by atoms with van der Waals surface area (Å²) in [5.41, 5.74) is 0.874. The van der Waals surface area contributed by atoms with Crippen molar-refractivity contribution in [3.8, 4) is 5.75 Å². The van der Waals surface area contributed by atoms with Crippen LogP contribution in [-0.4, -0.2) is 50.9 Å². The van der Waals surface area contributed by atoms with E-state index in [-0.39, 0.29) is 28.9 Å². The summed E-state index contributed by atoms with van der Waals surface area (Å²) >= 11 is 1.11. The van der Waals surface area contributed by atoms with Gasteiger partial charge < -0.3 is 14.8 Å². The first-order valence-corrected chi connectivity index (χ1v) is 12.7. The highest BCUT2D eigenvalue weighted by molar-refractivity contribution is 7.89. The van der Waals surface area contributed by atoms with Crippen molar-refractivity contribution < 1.29 is 27.5 Å². The van der Waals surface area contributed by atoms with Crippen molar-refractivity contribution in [2.24, 2.45) is 0 Å². The Morgan fingerprint density at radius 2 is 2.00 bits per heavy atom. The van der Waals surface area contributed by atoms with Crippen LogP contribution in [0.2, 0.25) is 0 Å². The quantitative estimate of drug-likeness (QED) is 0.600. The number of hydrogen-bond donors (Lipinski definition) is 1. The lowest BCUT2D eigenvalue weighted by atomic mass is 10.1. The Bertz CT molecular complexity index is 1110. The minimum absolute atomic E-state index is 0.0315. The summed E-state index contributed by atoms with van der Waals surface area (Å²) in [7, 11) is -2.43. The number of nitrogens with zero attached hydrogens (tertiary/aromatic N) is 1. The number of benzene rings is 1. The predicted octanol–water partition coefficient (Wildman–Crippen LogP) is 4.06. The summed E-state index contributed by atoms with van der Waals surface area (Å²) in [5.74, 6) is -0.729. The van der Waals surface area contributed by atoms with Gasteiger partial charge in [-0.1, -0.05) is 6.42 Å². The molecule has 10 heteroatoms. The van der Waals surface area contributed by atoms with Gasteiger partial charge >= 0.3 is 5.97 Å². The van der Waals surface area contributed by atoms with Gasteiger partial charge in [-0.15, -0.1) is 11.3 Å². The second kappa shape index (κ2) is 10.0. The summed E-state index contributed by atoms with van der Waals surface area (Å²) < 4.78 is 38.5. The van der Waals surface area contributed by atoms with Crippen LogP contribution >= 0.6 is 11.3 Å². The summed E-state index contributed by atoms with van der Waals surface area (Å²) in [4.78, 5) is 25.3. The van der Waals surface area contributed by atoms with Crippen molar-refractivity contribution in [1.29, 1.82) is 0 Å². The Labute approximate surface area is 192 Å². The molecular weight excluding hydrogens is 452 g/mol. The van der Waals surface area contributed by atoms with Gasteiger partial charge in [0.2, 0.25) is 10.0 Å². The topological polar surface area (TPSA) is 102 Å². The third-order valence-corrected chi connectivity index (χ3v) is 8.54. The highest BCUT2D eigenvalue weighted by Gasteiger charge is 2.33. The molecule has 1 atom stereocenters. The number of carbonyl (C=O) groups excluding carboxylic acids is 2. The zero-order chi connectivity index (χ0) is 23.5. The van der Waals surface area contributed by atoms with Gasteiger partial charge in [0.1, 0.15) is 15.5 Å². The van der Waals surface area contributed by atoms with Crippen molar-refractivity contribution in [2.45, 2.75) is 51.0 Å². The fourth-order valence-corrected chi connectivity index (χ4v) is 6.55. The Hall–Kier alpha value is -2.43. The summed E-state index contributed by atoms with van der Waals surface area (Å²) in [6, 6.07) is 5.91. The molecule has 1 aromatic carbocycles. The van der Waals surface area contributed by atoms with Crippen molar-refractivity contribution in [2.75, 3.05) is 25.6 Å². The van der Waals surface area contributed by atoms with Crippen LogP contribution in [0.3, 0.4) is 0 Å². The van der Waals surface area contributed by atoms with E-state index in [9.17, 15) is 18.0 Å². The Morgan fingerprint density at radius 3 is 2.66 bits per heavy atom. The number of anilines is 1. The van der Waals surface area contributed by atoms with Crippen LogP contribution in [-0.2, 0) is 14.8 Å². The van der Waals surface area contributed by atoms with Crippen LogP contribution in [0.1, 0.15) is 58.7 Å². The van der Waals surface area contributed by atoms with E-state index in [4.69, 9.17) is 9.47 Å². The van der Waals surface area contributed by atoms with Crippen LogP contribution in [0.5, 0.6) is 5.75 Å². The molecule has 1 saturated heterocycles. The smallest absolute Gasteiger partial charge is 0.348 e. The Balaban J connectivity index is 1.89. The maximum absolute atomic E-state index is 13.4. The molecular formula is C22H28N2O6S2. The Morgan fingerprint density at radius 1 is 1.25 bits per heavy atom. The largest absolute Gasteiger partial charge is 0.495 e. The lowest BCUT2D eigenvalue weighted by molar-refractivity contribution is 0.0531. The first-order valence-electron chi connectivity index (χ1n) is 10.5. The van der Waals surface area contributed by atoms with E-state index in [0.29, 0.717) is 22.0 Å². The monoisotopic (exact) mass is 480 g/mol. The summed E-state index contributed by atoms with van der Waals surface area (Å²) in [6.45, 7) is 6.07. The molecule has 1 aliphatic heterocycles. The number of sulfonamides is 1. The molecule has 32 heavy (non-hydrogen) atoms. The van der Waals surface area contributed by atoms with Crippen molar-refractivity contribution in [1.82, 2.24) is 4.31 Å². The number of ether oxygens (including phenoxy) is 2. The van der Waals surface area contributed by atoms with Gasteiger partial charge in [0, 0.05) is 18.2 Å². The molecule has 2 heterocycles. The number of rotatable bonds is 7. The molecule has 0 saturated carbocycles. The van der Waals surface area contributed by atoms with Crippen LogP contribution in [0, 0.1) is 6.92 Å². The zero-order valence-electron chi connectivity index (χ0n) is 18.6. The number of carbonyl (C=O) groups is 2. The van der Waals surface area contributed by atoms with Gasteiger partial charge in [-0.05, 0) is 63.4 Å². The molecule has 8 nitrogen and oxygen atoms in total. The third kappa shape index (κ3) is 4.97. The van der Waals surface area contributed by atoms with E-state index < -0.39 is 21.9 Å². The van der Waals surface area contributed by atoms with Gasteiger partial charge in [0.15, 0.2) is 0 Å². The number of esters is 1. The van der Waals surface area contributed by atoms with Gasteiger partial charge in [-0.2, -0.15) is 4.31 Å². The highest BCUT2D eigenvalue weighted by atomic mass is 32.2. The average Bonchev–Trinajstić information content (AvgIpc) is 3.13. The normalized spacial score (nSPS) is 17.1. The maximum Gasteiger partial charge on any atom is 0.348 e. The van der Waals surface area contributed by atoms with Gasteiger partial charge in [-0.3, -0.25) is 4.79 Å². The standard InChI is InChI=1S/C22H28N2O6S2/c1-5-30-22(26)20-14(2)12-19(31-20)23-21(25)16-9-10-17(29-4)18(13-16)32(27,28)24-11-7-6-8-15(24)3/h9-10,12-13,15H,5-8,11H2,1-4H3,(H,23,25). The first-order chi connectivity index (χ1) is 15.2. The second-order valence-corrected chi connectivity index (χ2v) is 10.5. The molecule has 0 bridgehead atoms. The number of amides is 1. The predicted molar refractivity (Wildman–Crippen MR) is 123 cm³/mol. The van der Waals surface area contributed by atoms with Crippen LogP contribution in [0.15, 0.2) is 29.2 Å². The number of aryl methyl sites for hydroxylation is 1. The molecule has 0 aliphatic carbocycles. The Kier molecular flexibility index (Phi) is 7.58. The van der Waals surface area contributed by atoms with Crippen LogP contribution in [0.4, 0.5) is 5.00 Å². The maximum atomic E-state index is 13.4. The number of thiophene rings is 1. The number of nitrogens with one attached hydrogen (secondary N) is 1. The van der Waals surface area contributed by atoms with Crippen LogP contribution in [0.25, 0.3) is 0 Å². The molecule has 1 aromatic heterocycles. The molecule has 174 valence electrons. The first kappa shape index (κ1) is 24.2. The molecule has 1 unspecified atom stereocenters. The van der Waals surface area contributed by atoms with Crippen molar-refractivity contribution >= 4 is 38.2 Å². The molecule has 3 rings (SSSR count). The minimum atomic E-state index is -3.83. The zero-order valence-corrected chi connectivity index (χ0v) is 20.3. The second-order valence-electron chi connectivity index (χ2n) is 7.62. The molecule has 1 fully saturated rings. The van der Waals surface area contributed by atoms with E-state index in [1.807, 2.05) is 6.92 Å². The van der Waals surface area contributed by atoms with Crippen LogP contribution < -0.4 is 10.1 Å². The molecule has 1 aliphatic rings. The van der Waals surface area contributed by atoms with E-state index in [2.05, 4.69) is 5.32 Å². The van der Waals surface area contributed by atoms with Crippen molar-refractivity contribution in [3.05, 3.63) is 40.3 Å². The van der Waals surface area contributed by atoms with E-state index in [0.717, 1.165) is 30.6 Å². The average molecular weight is 481 g/mol. The molecule has 1 N–H and O–H groups in total. The molecule has 0 radical (unpaired) electrons. The van der Waals surface area contributed by atoms with E-state index >= 15 is 0 Å². The molecule has 1 amide bonds.